The van der Waals surface area contributed by atoms with Crippen LogP contribution in [-0.2, 0) is 4.74 Å². The predicted molar refractivity (Wildman–Crippen MR) is 71.0 cm³/mol. The van der Waals surface area contributed by atoms with Gasteiger partial charge in [-0.25, -0.2) is 0 Å². The summed E-state index contributed by atoms with van der Waals surface area (Å²) >= 11 is 17.9. The van der Waals surface area contributed by atoms with Gasteiger partial charge in [-0.15, -0.1) is 0 Å². The molecule has 2 nitrogen and oxygen atoms in total. The van der Waals surface area contributed by atoms with Crippen LogP contribution in [0.15, 0.2) is 12.1 Å². The lowest BCUT2D eigenvalue weighted by molar-refractivity contribution is 0.191. The fourth-order valence-corrected chi connectivity index (χ4v) is 2.22. The highest BCUT2D eigenvalue weighted by Crippen LogP contribution is 2.34. The standard InChI is InChI=1S/C11H14Cl3NO/c1-7(3-4-16-2)15-11-9(13)5-8(12)6-10(11)14/h5-7,15H,3-4H2,1-2H3. The van der Waals surface area contributed by atoms with Gasteiger partial charge in [0.1, 0.15) is 0 Å². The second kappa shape index (κ2) is 6.55. The number of rotatable bonds is 5. The first-order valence-corrected chi connectivity index (χ1v) is 6.08. The van der Waals surface area contributed by atoms with Crippen molar-refractivity contribution >= 4 is 40.5 Å². The third-order valence-electron chi connectivity index (χ3n) is 2.15. The van der Waals surface area contributed by atoms with Crippen molar-refractivity contribution in [3.05, 3.63) is 27.2 Å². The molecule has 0 saturated carbocycles. The minimum atomic E-state index is 0.233. The van der Waals surface area contributed by atoms with Crippen LogP contribution in [0.1, 0.15) is 13.3 Å². The summed E-state index contributed by atoms with van der Waals surface area (Å²) in [7, 11) is 1.68. The summed E-state index contributed by atoms with van der Waals surface area (Å²) in [6.45, 7) is 2.73. The van der Waals surface area contributed by atoms with E-state index in [-0.39, 0.29) is 6.04 Å². The third-order valence-corrected chi connectivity index (χ3v) is 2.97. The normalized spacial score (nSPS) is 12.6. The van der Waals surface area contributed by atoms with Gasteiger partial charge in [0.2, 0.25) is 0 Å². The lowest BCUT2D eigenvalue weighted by atomic mass is 10.2. The van der Waals surface area contributed by atoms with Gasteiger partial charge in [0.05, 0.1) is 15.7 Å². The van der Waals surface area contributed by atoms with Crippen molar-refractivity contribution in [3.8, 4) is 0 Å². The SMILES string of the molecule is COCCC(C)Nc1c(Cl)cc(Cl)cc1Cl. The molecule has 0 amide bonds. The molecule has 1 N–H and O–H groups in total. The molecule has 1 aromatic carbocycles. The molecule has 90 valence electrons. The average Bonchev–Trinajstić information content (AvgIpc) is 2.20. The zero-order valence-corrected chi connectivity index (χ0v) is 11.5. The van der Waals surface area contributed by atoms with Crippen LogP contribution in [0.3, 0.4) is 0 Å². The van der Waals surface area contributed by atoms with E-state index in [1.807, 2.05) is 6.92 Å². The van der Waals surface area contributed by atoms with Crippen LogP contribution in [0.4, 0.5) is 5.69 Å². The minimum Gasteiger partial charge on any atom is -0.385 e. The molecule has 1 aromatic rings. The molecule has 1 unspecified atom stereocenters. The van der Waals surface area contributed by atoms with Gasteiger partial charge in [0.25, 0.3) is 0 Å². The Morgan fingerprint density at radius 3 is 2.31 bits per heavy atom. The fraction of sp³-hybridized carbons (Fsp3) is 0.455. The highest BCUT2D eigenvalue weighted by atomic mass is 35.5. The van der Waals surface area contributed by atoms with Crippen LogP contribution in [0.5, 0.6) is 0 Å². The molecule has 1 atom stereocenters. The Morgan fingerprint density at radius 1 is 1.25 bits per heavy atom. The number of methoxy groups -OCH3 is 1. The van der Waals surface area contributed by atoms with Crippen molar-refractivity contribution in [1.82, 2.24) is 0 Å². The zero-order valence-electron chi connectivity index (χ0n) is 9.19. The number of halogens is 3. The summed E-state index contributed by atoms with van der Waals surface area (Å²) in [5.41, 5.74) is 0.719. The molecule has 0 saturated heterocycles. The Balaban J connectivity index is 2.73. The fourth-order valence-electron chi connectivity index (χ4n) is 1.29. The summed E-state index contributed by atoms with van der Waals surface area (Å²) in [5.74, 6) is 0. The van der Waals surface area contributed by atoms with E-state index in [1.54, 1.807) is 19.2 Å². The second-order valence-corrected chi connectivity index (χ2v) is 4.82. The predicted octanol–water partition coefficient (Wildman–Crippen LogP) is 4.48. The van der Waals surface area contributed by atoms with E-state index in [1.165, 1.54) is 0 Å². The van der Waals surface area contributed by atoms with Crippen LogP contribution < -0.4 is 5.32 Å². The molecule has 0 aliphatic carbocycles. The van der Waals surface area contributed by atoms with E-state index in [9.17, 15) is 0 Å². The maximum absolute atomic E-state index is 6.05. The molecule has 0 aliphatic rings. The molecule has 1 rings (SSSR count). The topological polar surface area (TPSA) is 21.3 Å². The van der Waals surface area contributed by atoms with E-state index in [0.29, 0.717) is 21.7 Å². The maximum atomic E-state index is 6.05. The van der Waals surface area contributed by atoms with Gasteiger partial charge in [-0.1, -0.05) is 34.8 Å². The molecule has 16 heavy (non-hydrogen) atoms. The summed E-state index contributed by atoms with van der Waals surface area (Å²) in [6.07, 6.45) is 0.881. The quantitative estimate of drug-likeness (QED) is 0.859. The van der Waals surface area contributed by atoms with Crippen LogP contribution in [0.25, 0.3) is 0 Å². The maximum Gasteiger partial charge on any atom is 0.0722 e. The molecular weight excluding hydrogens is 268 g/mol. The van der Waals surface area contributed by atoms with Crippen molar-refractivity contribution in [2.24, 2.45) is 0 Å². The average molecular weight is 283 g/mol. The molecule has 0 radical (unpaired) electrons. The van der Waals surface area contributed by atoms with E-state index < -0.39 is 0 Å². The van der Waals surface area contributed by atoms with E-state index in [2.05, 4.69) is 5.32 Å². The van der Waals surface area contributed by atoms with Crippen molar-refractivity contribution in [2.45, 2.75) is 19.4 Å². The van der Waals surface area contributed by atoms with Crippen LogP contribution in [-0.4, -0.2) is 19.8 Å². The Morgan fingerprint density at radius 2 is 1.81 bits per heavy atom. The number of ether oxygens (including phenoxy) is 1. The van der Waals surface area contributed by atoms with E-state index in [0.717, 1.165) is 12.1 Å². The van der Waals surface area contributed by atoms with Gasteiger partial charge in [-0.05, 0) is 25.5 Å². The van der Waals surface area contributed by atoms with E-state index >= 15 is 0 Å². The molecule has 5 heteroatoms. The monoisotopic (exact) mass is 281 g/mol. The summed E-state index contributed by atoms with van der Waals surface area (Å²) in [5, 5.41) is 4.83. The van der Waals surface area contributed by atoms with Crippen molar-refractivity contribution in [1.29, 1.82) is 0 Å². The second-order valence-electron chi connectivity index (χ2n) is 3.57. The Bertz CT molecular complexity index is 334. The third kappa shape index (κ3) is 4.02. The van der Waals surface area contributed by atoms with E-state index in [4.69, 9.17) is 39.5 Å². The van der Waals surface area contributed by atoms with Gasteiger partial charge >= 0.3 is 0 Å². The molecule has 0 fully saturated rings. The smallest absolute Gasteiger partial charge is 0.0722 e. The Hall–Kier alpha value is -0.150. The highest BCUT2D eigenvalue weighted by Gasteiger charge is 2.10. The van der Waals surface area contributed by atoms with Crippen LogP contribution in [0.2, 0.25) is 15.1 Å². The largest absolute Gasteiger partial charge is 0.385 e. The molecule has 0 heterocycles. The number of anilines is 1. The van der Waals surface area contributed by atoms with Gasteiger partial charge in [-0.2, -0.15) is 0 Å². The van der Waals surface area contributed by atoms with Crippen LogP contribution >= 0.6 is 34.8 Å². The lowest BCUT2D eigenvalue weighted by Gasteiger charge is -2.17. The van der Waals surface area contributed by atoms with Gasteiger partial charge < -0.3 is 10.1 Å². The van der Waals surface area contributed by atoms with Gasteiger partial charge in [-0.3, -0.25) is 0 Å². The van der Waals surface area contributed by atoms with Crippen molar-refractivity contribution in [2.75, 3.05) is 19.0 Å². The molecule has 0 aliphatic heterocycles. The van der Waals surface area contributed by atoms with Gasteiger partial charge in [0.15, 0.2) is 0 Å². The molecule has 0 spiro atoms. The minimum absolute atomic E-state index is 0.233. The molecular formula is C11H14Cl3NO. The van der Waals surface area contributed by atoms with Crippen LogP contribution in [0, 0.1) is 0 Å². The zero-order chi connectivity index (χ0) is 12.1. The Labute approximate surface area is 111 Å². The lowest BCUT2D eigenvalue weighted by Crippen LogP contribution is -2.17. The number of hydrogen-bond donors (Lipinski definition) is 1. The molecule has 0 aromatic heterocycles. The molecule has 0 bridgehead atoms. The Kier molecular flexibility index (Phi) is 5.70. The first kappa shape index (κ1) is 13.9. The number of nitrogens with one attached hydrogen (secondary N) is 1. The summed E-state index contributed by atoms with van der Waals surface area (Å²) in [6, 6.07) is 3.57. The van der Waals surface area contributed by atoms with Gasteiger partial charge in [0, 0.05) is 24.8 Å². The van der Waals surface area contributed by atoms with Crippen molar-refractivity contribution in [3.63, 3.8) is 0 Å². The number of benzene rings is 1. The first-order valence-electron chi connectivity index (χ1n) is 4.94. The highest BCUT2D eigenvalue weighted by molar-refractivity contribution is 6.41. The van der Waals surface area contributed by atoms with Crippen molar-refractivity contribution < 1.29 is 4.74 Å². The number of hydrogen-bond acceptors (Lipinski definition) is 2. The summed E-state index contributed by atoms with van der Waals surface area (Å²) < 4.78 is 5.00. The first-order chi connectivity index (χ1) is 7.54. The summed E-state index contributed by atoms with van der Waals surface area (Å²) in [4.78, 5) is 0.